The highest BCUT2D eigenvalue weighted by molar-refractivity contribution is 7.12. The molecule has 0 aromatic carbocycles. The molecule has 0 unspecified atom stereocenters. The highest BCUT2D eigenvalue weighted by Gasteiger charge is 2.02. The van der Waals surface area contributed by atoms with Crippen LogP contribution in [-0.2, 0) is 0 Å². The van der Waals surface area contributed by atoms with E-state index in [2.05, 4.69) is 10.5 Å². The van der Waals surface area contributed by atoms with Gasteiger partial charge in [-0.05, 0) is 35.7 Å². The minimum absolute atomic E-state index is 0.206. The summed E-state index contributed by atoms with van der Waals surface area (Å²) in [6.45, 7) is 0. The van der Waals surface area contributed by atoms with Gasteiger partial charge in [-0.1, -0.05) is 6.07 Å². The molecule has 0 aliphatic rings. The lowest BCUT2D eigenvalue weighted by Crippen LogP contribution is -2.15. The molecule has 0 aliphatic carbocycles. The van der Waals surface area contributed by atoms with Crippen LogP contribution in [0.4, 0.5) is 0 Å². The molecule has 4 nitrogen and oxygen atoms in total. The third-order valence-electron chi connectivity index (χ3n) is 1.88. The molecule has 0 spiro atoms. The van der Waals surface area contributed by atoms with Gasteiger partial charge in [0, 0.05) is 6.21 Å². The van der Waals surface area contributed by atoms with Gasteiger partial charge in [0.25, 0.3) is 5.91 Å². The minimum Gasteiger partial charge on any atom is -0.465 e. The quantitative estimate of drug-likeness (QED) is 0.666. The average Bonchev–Trinajstić information content (AvgIpc) is 3.01. The number of nitrogens with one attached hydrogen (secondary N) is 1. The predicted octanol–water partition coefficient (Wildman–Crippen LogP) is 2.77. The molecule has 0 atom stereocenters. The fourth-order valence-corrected chi connectivity index (χ4v) is 1.74. The summed E-state index contributed by atoms with van der Waals surface area (Å²) >= 11 is 1.37. The maximum Gasteiger partial charge on any atom is 0.281 e. The number of amides is 1. The van der Waals surface area contributed by atoms with Crippen molar-refractivity contribution in [3.8, 4) is 0 Å². The smallest absolute Gasteiger partial charge is 0.281 e. The Bertz CT molecular complexity index is 513. The maximum absolute atomic E-state index is 11.4. The highest BCUT2D eigenvalue weighted by atomic mass is 32.1. The SMILES string of the molecule is O=C(N/N=C\C=C/c1ccco1)c1cccs1. The number of hydrogen-bond donors (Lipinski definition) is 1. The van der Waals surface area contributed by atoms with Crippen LogP contribution in [0.1, 0.15) is 15.4 Å². The molecule has 2 aromatic heterocycles. The zero-order valence-corrected chi connectivity index (χ0v) is 9.68. The van der Waals surface area contributed by atoms with E-state index in [-0.39, 0.29) is 5.91 Å². The Morgan fingerprint density at radius 3 is 3.06 bits per heavy atom. The fraction of sp³-hybridized carbons (Fsp3) is 0. The van der Waals surface area contributed by atoms with Gasteiger partial charge < -0.3 is 4.42 Å². The van der Waals surface area contributed by atoms with Gasteiger partial charge in [0.2, 0.25) is 0 Å². The lowest BCUT2D eigenvalue weighted by atomic mass is 10.4. The predicted molar refractivity (Wildman–Crippen MR) is 68.0 cm³/mol. The molecule has 1 N–H and O–H groups in total. The van der Waals surface area contributed by atoms with Gasteiger partial charge in [-0.3, -0.25) is 4.79 Å². The summed E-state index contributed by atoms with van der Waals surface area (Å²) in [6, 6.07) is 7.19. The third-order valence-corrected chi connectivity index (χ3v) is 2.74. The number of hydrazone groups is 1. The van der Waals surface area contributed by atoms with E-state index in [1.54, 1.807) is 30.5 Å². The van der Waals surface area contributed by atoms with Crippen LogP contribution in [0.2, 0.25) is 0 Å². The van der Waals surface area contributed by atoms with E-state index in [1.165, 1.54) is 17.6 Å². The molecule has 1 amide bonds. The average molecular weight is 246 g/mol. The van der Waals surface area contributed by atoms with Crippen LogP contribution >= 0.6 is 11.3 Å². The number of rotatable bonds is 4. The second-order valence-electron chi connectivity index (χ2n) is 3.07. The standard InChI is InChI=1S/C12H10N2O2S/c15-12(11-6-3-9-17-11)14-13-7-1-4-10-5-2-8-16-10/h1-9H,(H,14,15)/b4-1-,13-7-. The molecule has 2 aromatic rings. The van der Waals surface area contributed by atoms with Crippen LogP contribution in [0.15, 0.2) is 51.5 Å². The second kappa shape index (κ2) is 5.81. The van der Waals surface area contributed by atoms with Crippen LogP contribution < -0.4 is 5.43 Å². The van der Waals surface area contributed by atoms with Crippen LogP contribution in [0.3, 0.4) is 0 Å². The van der Waals surface area contributed by atoms with E-state index in [4.69, 9.17) is 4.42 Å². The van der Waals surface area contributed by atoms with Gasteiger partial charge >= 0.3 is 0 Å². The minimum atomic E-state index is -0.206. The molecule has 0 radical (unpaired) electrons. The van der Waals surface area contributed by atoms with Gasteiger partial charge in [-0.25, -0.2) is 5.43 Å². The molecule has 0 bridgehead atoms. The Kier molecular flexibility index (Phi) is 3.88. The van der Waals surface area contributed by atoms with Crippen molar-refractivity contribution in [2.45, 2.75) is 0 Å². The molecule has 5 heteroatoms. The van der Waals surface area contributed by atoms with Crippen molar-refractivity contribution in [1.82, 2.24) is 5.43 Å². The lowest BCUT2D eigenvalue weighted by Gasteiger charge is -1.93. The Labute approximate surface area is 102 Å². The molecule has 0 aliphatic heterocycles. The molecule has 2 heterocycles. The number of thiophene rings is 1. The summed E-state index contributed by atoms with van der Waals surface area (Å²) in [5, 5.41) is 5.62. The number of nitrogens with zero attached hydrogens (tertiary/aromatic N) is 1. The summed E-state index contributed by atoms with van der Waals surface area (Å²) in [5.74, 6) is 0.531. The number of carbonyl (C=O) groups excluding carboxylic acids is 1. The van der Waals surface area contributed by atoms with Crippen molar-refractivity contribution in [3.05, 3.63) is 52.6 Å². The van der Waals surface area contributed by atoms with E-state index in [0.717, 1.165) is 5.76 Å². The molecule has 2 rings (SSSR count). The normalized spacial score (nSPS) is 11.3. The summed E-state index contributed by atoms with van der Waals surface area (Å²) < 4.78 is 5.09. The maximum atomic E-state index is 11.4. The largest absolute Gasteiger partial charge is 0.465 e. The van der Waals surface area contributed by atoms with Crippen molar-refractivity contribution in [1.29, 1.82) is 0 Å². The number of furan rings is 1. The zero-order chi connectivity index (χ0) is 11.9. The molecule has 0 saturated heterocycles. The zero-order valence-electron chi connectivity index (χ0n) is 8.87. The molecular formula is C12H10N2O2S. The van der Waals surface area contributed by atoms with E-state index < -0.39 is 0 Å². The van der Waals surface area contributed by atoms with Gasteiger partial charge in [0.05, 0.1) is 11.1 Å². The second-order valence-corrected chi connectivity index (χ2v) is 4.02. The first-order chi connectivity index (χ1) is 8.36. The topological polar surface area (TPSA) is 54.6 Å². The molecule has 0 fully saturated rings. The van der Waals surface area contributed by atoms with Gasteiger partial charge in [0.15, 0.2) is 0 Å². The Balaban J connectivity index is 1.80. The third kappa shape index (κ3) is 3.42. The van der Waals surface area contributed by atoms with E-state index in [1.807, 2.05) is 17.5 Å². The van der Waals surface area contributed by atoms with Crippen LogP contribution in [-0.4, -0.2) is 12.1 Å². The lowest BCUT2D eigenvalue weighted by molar-refractivity contribution is 0.0959. The van der Waals surface area contributed by atoms with E-state index >= 15 is 0 Å². The first-order valence-electron chi connectivity index (χ1n) is 4.93. The van der Waals surface area contributed by atoms with Crippen molar-refractivity contribution >= 4 is 29.5 Å². The summed E-state index contributed by atoms with van der Waals surface area (Å²) in [6.07, 6.45) is 6.53. The number of carbonyl (C=O) groups is 1. The highest BCUT2D eigenvalue weighted by Crippen LogP contribution is 2.07. The van der Waals surface area contributed by atoms with Gasteiger partial charge in [-0.2, -0.15) is 5.10 Å². The van der Waals surface area contributed by atoms with Crippen molar-refractivity contribution in [2.75, 3.05) is 0 Å². The molecular weight excluding hydrogens is 236 g/mol. The van der Waals surface area contributed by atoms with Crippen molar-refractivity contribution in [3.63, 3.8) is 0 Å². The van der Waals surface area contributed by atoms with E-state index in [0.29, 0.717) is 4.88 Å². The Morgan fingerprint density at radius 1 is 1.41 bits per heavy atom. The van der Waals surface area contributed by atoms with Crippen LogP contribution in [0.25, 0.3) is 6.08 Å². The first-order valence-corrected chi connectivity index (χ1v) is 5.81. The fourth-order valence-electron chi connectivity index (χ4n) is 1.13. The van der Waals surface area contributed by atoms with Crippen molar-refractivity contribution < 1.29 is 9.21 Å². The van der Waals surface area contributed by atoms with Crippen LogP contribution in [0.5, 0.6) is 0 Å². The van der Waals surface area contributed by atoms with Gasteiger partial charge in [0.1, 0.15) is 5.76 Å². The number of allylic oxidation sites excluding steroid dienone is 1. The Hall–Kier alpha value is -2.14. The van der Waals surface area contributed by atoms with E-state index in [9.17, 15) is 4.79 Å². The molecule has 17 heavy (non-hydrogen) atoms. The summed E-state index contributed by atoms with van der Waals surface area (Å²) in [5.41, 5.74) is 2.42. The van der Waals surface area contributed by atoms with Crippen LogP contribution in [0, 0.1) is 0 Å². The summed E-state index contributed by atoms with van der Waals surface area (Å²) in [7, 11) is 0. The summed E-state index contributed by atoms with van der Waals surface area (Å²) in [4.78, 5) is 12.1. The first kappa shape index (κ1) is 11.3. The van der Waals surface area contributed by atoms with Gasteiger partial charge in [-0.15, -0.1) is 11.3 Å². The molecule has 86 valence electrons. The van der Waals surface area contributed by atoms with Crippen molar-refractivity contribution in [2.24, 2.45) is 5.10 Å². The Morgan fingerprint density at radius 2 is 2.35 bits per heavy atom. The monoisotopic (exact) mass is 246 g/mol. The number of hydrogen-bond acceptors (Lipinski definition) is 4. The molecule has 0 saturated carbocycles.